The monoisotopic (exact) mass is 725 g/mol. The van der Waals surface area contributed by atoms with Crippen LogP contribution >= 0.6 is 0 Å². The minimum atomic E-state index is -0.472. The van der Waals surface area contributed by atoms with Crippen molar-refractivity contribution in [3.63, 3.8) is 0 Å². The Hall–Kier alpha value is -7.49. The van der Waals surface area contributed by atoms with Crippen molar-refractivity contribution >= 4 is 21.5 Å². The molecule has 9 aromatic carbocycles. The van der Waals surface area contributed by atoms with E-state index in [1.165, 1.54) is 44.2 Å². The first-order valence-electron chi connectivity index (χ1n) is 19.4. The fourth-order valence-electron chi connectivity index (χ4n) is 8.90. The fourth-order valence-corrected chi connectivity index (χ4v) is 8.90. The van der Waals surface area contributed by atoms with Gasteiger partial charge in [-0.1, -0.05) is 188 Å². The summed E-state index contributed by atoms with van der Waals surface area (Å²) >= 11 is 0. The highest BCUT2D eigenvalue weighted by atomic mass is 15.0. The molecule has 0 radical (unpaired) electrons. The zero-order valence-corrected chi connectivity index (χ0v) is 31.0. The van der Waals surface area contributed by atoms with Crippen LogP contribution in [0.4, 0.5) is 0 Å². The molecule has 57 heavy (non-hydrogen) atoms. The maximum atomic E-state index is 5.16. The first-order chi connectivity index (χ1) is 28.2. The van der Waals surface area contributed by atoms with E-state index in [0.29, 0.717) is 17.5 Å². The molecule has 11 rings (SSSR count). The average Bonchev–Trinajstić information content (AvgIpc) is 3.60. The van der Waals surface area contributed by atoms with Crippen molar-refractivity contribution in [2.45, 2.75) is 5.41 Å². The van der Waals surface area contributed by atoms with Crippen LogP contribution in [0.1, 0.15) is 22.3 Å². The second-order valence-corrected chi connectivity index (χ2v) is 14.8. The highest BCUT2D eigenvalue weighted by Gasteiger charge is 2.45. The van der Waals surface area contributed by atoms with Crippen LogP contribution in [-0.2, 0) is 5.41 Å². The Balaban J connectivity index is 1.07. The Labute approximate surface area is 331 Å². The van der Waals surface area contributed by atoms with Gasteiger partial charge in [-0.25, -0.2) is 15.0 Å². The molecule has 0 aliphatic heterocycles. The Kier molecular flexibility index (Phi) is 7.71. The quantitative estimate of drug-likeness (QED) is 0.171. The van der Waals surface area contributed by atoms with E-state index in [1.807, 2.05) is 0 Å². The molecule has 0 spiro atoms. The largest absolute Gasteiger partial charge is 0.208 e. The van der Waals surface area contributed by atoms with Crippen molar-refractivity contribution in [1.29, 1.82) is 0 Å². The van der Waals surface area contributed by atoms with Crippen molar-refractivity contribution in [2.75, 3.05) is 0 Å². The molecule has 1 aromatic heterocycles. The lowest BCUT2D eigenvalue weighted by atomic mass is 9.67. The number of rotatable bonds is 6. The number of fused-ring (bicyclic) bond motifs is 5. The molecule has 0 unspecified atom stereocenters. The Morgan fingerprint density at radius 3 is 1.26 bits per heavy atom. The highest BCUT2D eigenvalue weighted by molar-refractivity contribution is 5.89. The summed E-state index contributed by atoms with van der Waals surface area (Å²) in [6, 6.07) is 76.0. The van der Waals surface area contributed by atoms with Crippen LogP contribution in [-0.4, -0.2) is 15.0 Å². The number of hydrogen-bond donors (Lipinski definition) is 0. The SMILES string of the molecule is c1ccc(C2(c3cccc(-c4cccc(-c5nc(-c6ccc7ccccc7c6)nc(-c6ccc7ccccc7c6)n5)c4)c3)c3ccccc3-c3ccccc32)cc1. The summed E-state index contributed by atoms with van der Waals surface area (Å²) in [6.45, 7) is 0. The van der Waals surface area contributed by atoms with Crippen LogP contribution in [0.2, 0.25) is 0 Å². The molecule has 1 aliphatic rings. The van der Waals surface area contributed by atoms with Crippen molar-refractivity contribution in [2.24, 2.45) is 0 Å². The molecule has 1 heterocycles. The zero-order valence-electron chi connectivity index (χ0n) is 31.0. The lowest BCUT2D eigenvalue weighted by Gasteiger charge is -2.34. The van der Waals surface area contributed by atoms with E-state index >= 15 is 0 Å². The van der Waals surface area contributed by atoms with E-state index in [-0.39, 0.29) is 0 Å². The lowest BCUT2D eigenvalue weighted by molar-refractivity contribution is 0.769. The van der Waals surface area contributed by atoms with Crippen molar-refractivity contribution in [1.82, 2.24) is 15.0 Å². The molecule has 1 aliphatic carbocycles. The minimum Gasteiger partial charge on any atom is -0.208 e. The van der Waals surface area contributed by atoms with Gasteiger partial charge in [-0.3, -0.25) is 0 Å². The second-order valence-electron chi connectivity index (χ2n) is 14.8. The summed E-state index contributed by atoms with van der Waals surface area (Å²) in [4.78, 5) is 15.4. The smallest absolute Gasteiger partial charge is 0.164 e. The summed E-state index contributed by atoms with van der Waals surface area (Å²) < 4.78 is 0. The minimum absolute atomic E-state index is 0.472. The third-order valence-corrected chi connectivity index (χ3v) is 11.6. The van der Waals surface area contributed by atoms with E-state index in [1.54, 1.807) is 0 Å². The molecule has 0 saturated heterocycles. The first kappa shape index (κ1) is 32.9. The normalized spacial score (nSPS) is 12.7. The molecule has 3 nitrogen and oxygen atoms in total. The number of aromatic nitrogens is 3. The summed E-state index contributed by atoms with van der Waals surface area (Å²) in [6.07, 6.45) is 0. The van der Waals surface area contributed by atoms with Gasteiger partial charge in [-0.2, -0.15) is 0 Å². The van der Waals surface area contributed by atoms with Gasteiger partial charge in [0.05, 0.1) is 5.41 Å². The molecule has 0 fully saturated rings. The van der Waals surface area contributed by atoms with Gasteiger partial charge in [0.1, 0.15) is 0 Å². The van der Waals surface area contributed by atoms with Crippen LogP contribution in [0.5, 0.6) is 0 Å². The van der Waals surface area contributed by atoms with Crippen molar-refractivity contribution < 1.29 is 0 Å². The molecule has 266 valence electrons. The molecular formula is C54H35N3. The van der Waals surface area contributed by atoms with Gasteiger partial charge in [0.25, 0.3) is 0 Å². The molecule has 0 atom stereocenters. The van der Waals surface area contributed by atoms with Gasteiger partial charge < -0.3 is 0 Å². The predicted molar refractivity (Wildman–Crippen MR) is 234 cm³/mol. The summed E-state index contributed by atoms with van der Waals surface area (Å²) in [5, 5.41) is 4.65. The van der Waals surface area contributed by atoms with Gasteiger partial charge in [0.15, 0.2) is 17.5 Å². The van der Waals surface area contributed by atoms with E-state index in [0.717, 1.165) is 38.6 Å². The van der Waals surface area contributed by atoms with Crippen molar-refractivity contribution in [3.8, 4) is 56.4 Å². The topological polar surface area (TPSA) is 38.7 Å². The van der Waals surface area contributed by atoms with Crippen LogP contribution in [0.15, 0.2) is 212 Å². The molecule has 10 aromatic rings. The molecule has 3 heteroatoms. The van der Waals surface area contributed by atoms with E-state index in [4.69, 9.17) is 15.0 Å². The van der Waals surface area contributed by atoms with Gasteiger partial charge in [0, 0.05) is 16.7 Å². The fraction of sp³-hybridized carbons (Fsp3) is 0.0185. The third-order valence-electron chi connectivity index (χ3n) is 11.6. The molecule has 0 bridgehead atoms. The standard InChI is InChI=1S/C54H35N3/c1-2-21-45(22-3-1)54(49-26-10-8-24-47(49)48-25-9-11-27-50(48)54)46-23-13-19-41(35-46)40-18-12-20-42(34-40)51-55-52(43-30-28-36-14-4-6-16-38(36)32-43)57-53(56-51)44-31-29-37-15-5-7-17-39(37)33-44/h1-35H. The third kappa shape index (κ3) is 5.47. The second kappa shape index (κ2) is 13.4. The van der Waals surface area contributed by atoms with Crippen LogP contribution in [0.25, 0.3) is 78.0 Å². The van der Waals surface area contributed by atoms with E-state index < -0.39 is 5.41 Å². The number of nitrogens with zero attached hydrogens (tertiary/aromatic N) is 3. The van der Waals surface area contributed by atoms with Gasteiger partial charge in [0.2, 0.25) is 0 Å². The molecule has 0 N–H and O–H groups in total. The van der Waals surface area contributed by atoms with Gasteiger partial charge in [-0.05, 0) is 90.3 Å². The first-order valence-corrected chi connectivity index (χ1v) is 19.4. The maximum Gasteiger partial charge on any atom is 0.164 e. The number of hydrogen-bond acceptors (Lipinski definition) is 3. The van der Waals surface area contributed by atoms with Gasteiger partial charge >= 0.3 is 0 Å². The molecule has 0 amide bonds. The molecular weight excluding hydrogens is 691 g/mol. The van der Waals surface area contributed by atoms with E-state index in [9.17, 15) is 0 Å². The van der Waals surface area contributed by atoms with Crippen LogP contribution in [0.3, 0.4) is 0 Å². The zero-order chi connectivity index (χ0) is 37.8. The van der Waals surface area contributed by atoms with Crippen LogP contribution < -0.4 is 0 Å². The Morgan fingerprint density at radius 2 is 0.684 bits per heavy atom. The number of benzene rings is 9. The lowest BCUT2D eigenvalue weighted by Crippen LogP contribution is -2.28. The highest BCUT2D eigenvalue weighted by Crippen LogP contribution is 2.56. The molecule has 0 saturated carbocycles. The maximum absolute atomic E-state index is 5.16. The predicted octanol–water partition coefficient (Wildman–Crippen LogP) is 13.2. The Morgan fingerprint density at radius 1 is 0.263 bits per heavy atom. The van der Waals surface area contributed by atoms with Crippen LogP contribution in [0, 0.1) is 0 Å². The van der Waals surface area contributed by atoms with E-state index in [2.05, 4.69) is 212 Å². The summed E-state index contributed by atoms with van der Waals surface area (Å²) in [5.41, 5.74) is 12.2. The van der Waals surface area contributed by atoms with Gasteiger partial charge in [-0.15, -0.1) is 0 Å². The Bertz CT molecular complexity index is 3000. The van der Waals surface area contributed by atoms with Crippen molar-refractivity contribution in [3.05, 3.63) is 235 Å². The summed E-state index contributed by atoms with van der Waals surface area (Å²) in [7, 11) is 0. The average molecular weight is 726 g/mol. The summed E-state index contributed by atoms with van der Waals surface area (Å²) in [5.74, 6) is 1.92.